The molecule has 0 aliphatic heterocycles. The largest absolute Gasteiger partial charge is 0.314 e. The monoisotopic (exact) mass is 263 g/mol. The molecule has 3 heteroatoms. The molecule has 1 aliphatic carbocycles. The van der Waals surface area contributed by atoms with Gasteiger partial charge in [-0.05, 0) is 64.0 Å². The molecule has 108 valence electrons. The molecule has 1 fully saturated rings. The lowest BCUT2D eigenvalue weighted by atomic mass is 9.92. The second kappa shape index (κ2) is 6.08. The molecule has 1 N–H and O–H groups in total. The first kappa shape index (κ1) is 14.6. The topological polar surface area (TPSA) is 29.9 Å². The first-order valence-corrected chi connectivity index (χ1v) is 7.88. The Hall–Kier alpha value is -0.830. The zero-order valence-electron chi connectivity index (χ0n) is 12.9. The van der Waals surface area contributed by atoms with Gasteiger partial charge in [0.15, 0.2) is 0 Å². The van der Waals surface area contributed by atoms with Crippen LogP contribution in [0.15, 0.2) is 12.3 Å². The predicted molar refractivity (Wildman–Crippen MR) is 80.4 cm³/mol. The van der Waals surface area contributed by atoms with Gasteiger partial charge in [0.25, 0.3) is 0 Å². The van der Waals surface area contributed by atoms with Gasteiger partial charge in [0.2, 0.25) is 0 Å². The molecular formula is C16H29N3. The maximum atomic E-state index is 4.76. The molecule has 2 unspecified atom stereocenters. The van der Waals surface area contributed by atoms with Crippen LogP contribution >= 0.6 is 0 Å². The van der Waals surface area contributed by atoms with Crippen molar-refractivity contribution >= 4 is 0 Å². The number of hydrogen-bond acceptors (Lipinski definition) is 2. The molecule has 1 heterocycles. The predicted octanol–water partition coefficient (Wildman–Crippen LogP) is 3.56. The van der Waals surface area contributed by atoms with Crippen LogP contribution in [0.25, 0.3) is 0 Å². The van der Waals surface area contributed by atoms with E-state index in [0.717, 1.165) is 19.4 Å². The van der Waals surface area contributed by atoms with Crippen LogP contribution < -0.4 is 5.32 Å². The van der Waals surface area contributed by atoms with Gasteiger partial charge in [-0.1, -0.05) is 13.8 Å². The summed E-state index contributed by atoms with van der Waals surface area (Å²) < 4.78 is 2.12. The van der Waals surface area contributed by atoms with E-state index in [1.54, 1.807) is 0 Å². The molecule has 1 aliphatic rings. The van der Waals surface area contributed by atoms with Gasteiger partial charge in [0, 0.05) is 18.3 Å². The highest BCUT2D eigenvalue weighted by molar-refractivity contribution is 5.11. The summed E-state index contributed by atoms with van der Waals surface area (Å²) in [5.41, 5.74) is 1.74. The molecule has 0 radical (unpaired) electrons. The standard InChI is InChI=1S/C16H29N3/c1-5-10-17-14(4)16(8-9-16)12-15-7-11-19(18-15)13(3)6-2/h7,11,13-14,17H,5-6,8-10,12H2,1-4H3. The summed E-state index contributed by atoms with van der Waals surface area (Å²) in [7, 11) is 0. The first-order chi connectivity index (χ1) is 9.11. The average Bonchev–Trinajstić information content (AvgIpc) is 3.05. The molecule has 2 rings (SSSR count). The van der Waals surface area contributed by atoms with Gasteiger partial charge in [-0.25, -0.2) is 0 Å². The Morgan fingerprint density at radius 2 is 2.11 bits per heavy atom. The Balaban J connectivity index is 1.95. The zero-order valence-corrected chi connectivity index (χ0v) is 12.9. The minimum absolute atomic E-state index is 0.476. The molecule has 0 saturated heterocycles. The fourth-order valence-electron chi connectivity index (χ4n) is 2.77. The molecule has 0 aromatic carbocycles. The Kier molecular flexibility index (Phi) is 4.67. The van der Waals surface area contributed by atoms with Gasteiger partial charge in [-0.3, -0.25) is 4.68 Å². The molecule has 0 bridgehead atoms. The van der Waals surface area contributed by atoms with Crippen LogP contribution in [0, 0.1) is 5.41 Å². The fraction of sp³-hybridized carbons (Fsp3) is 0.812. The van der Waals surface area contributed by atoms with E-state index in [1.807, 2.05) is 0 Å². The van der Waals surface area contributed by atoms with E-state index in [-0.39, 0.29) is 0 Å². The van der Waals surface area contributed by atoms with E-state index < -0.39 is 0 Å². The van der Waals surface area contributed by atoms with Crippen molar-refractivity contribution in [2.75, 3.05) is 6.54 Å². The maximum Gasteiger partial charge on any atom is 0.0630 e. The molecule has 0 amide bonds. The smallest absolute Gasteiger partial charge is 0.0630 e. The van der Waals surface area contributed by atoms with Crippen LogP contribution in [-0.4, -0.2) is 22.4 Å². The van der Waals surface area contributed by atoms with Gasteiger partial charge in [0.05, 0.1) is 5.69 Å². The summed E-state index contributed by atoms with van der Waals surface area (Å²) in [4.78, 5) is 0. The lowest BCUT2D eigenvalue weighted by Gasteiger charge is -2.23. The Bertz CT molecular complexity index is 392. The van der Waals surface area contributed by atoms with E-state index in [0.29, 0.717) is 17.5 Å². The summed E-state index contributed by atoms with van der Waals surface area (Å²) >= 11 is 0. The van der Waals surface area contributed by atoms with Gasteiger partial charge < -0.3 is 5.32 Å². The van der Waals surface area contributed by atoms with Crippen LogP contribution in [0.3, 0.4) is 0 Å². The van der Waals surface area contributed by atoms with E-state index in [1.165, 1.54) is 25.0 Å². The molecule has 19 heavy (non-hydrogen) atoms. The highest BCUT2D eigenvalue weighted by Gasteiger charge is 2.47. The van der Waals surface area contributed by atoms with Crippen LogP contribution in [0.1, 0.15) is 65.1 Å². The van der Waals surface area contributed by atoms with Crippen molar-refractivity contribution in [1.82, 2.24) is 15.1 Å². The lowest BCUT2D eigenvalue weighted by molar-refractivity contribution is 0.345. The maximum absolute atomic E-state index is 4.76. The lowest BCUT2D eigenvalue weighted by Crippen LogP contribution is -2.36. The number of nitrogens with zero attached hydrogens (tertiary/aromatic N) is 2. The highest BCUT2D eigenvalue weighted by atomic mass is 15.3. The highest BCUT2D eigenvalue weighted by Crippen LogP contribution is 2.51. The van der Waals surface area contributed by atoms with E-state index in [9.17, 15) is 0 Å². The van der Waals surface area contributed by atoms with Crippen molar-refractivity contribution in [2.45, 2.75) is 71.9 Å². The minimum atomic E-state index is 0.476. The van der Waals surface area contributed by atoms with Crippen molar-refractivity contribution in [2.24, 2.45) is 5.41 Å². The zero-order chi connectivity index (χ0) is 13.9. The summed E-state index contributed by atoms with van der Waals surface area (Å²) in [5, 5.41) is 8.42. The van der Waals surface area contributed by atoms with E-state index in [2.05, 4.69) is 50.0 Å². The number of hydrogen-bond donors (Lipinski definition) is 1. The Labute approximate surface area is 117 Å². The van der Waals surface area contributed by atoms with Gasteiger partial charge in [-0.15, -0.1) is 0 Å². The summed E-state index contributed by atoms with van der Waals surface area (Å²) in [6, 6.07) is 3.33. The third kappa shape index (κ3) is 3.38. The summed E-state index contributed by atoms with van der Waals surface area (Å²) in [6.07, 6.45) is 8.32. The quantitative estimate of drug-likeness (QED) is 0.777. The Morgan fingerprint density at radius 1 is 1.37 bits per heavy atom. The Morgan fingerprint density at radius 3 is 2.68 bits per heavy atom. The second-order valence-corrected chi connectivity index (χ2v) is 6.26. The van der Waals surface area contributed by atoms with Crippen molar-refractivity contribution in [3.63, 3.8) is 0 Å². The van der Waals surface area contributed by atoms with Crippen LogP contribution in [0.2, 0.25) is 0 Å². The molecule has 1 aromatic heterocycles. The van der Waals surface area contributed by atoms with E-state index in [4.69, 9.17) is 5.10 Å². The average molecular weight is 263 g/mol. The first-order valence-electron chi connectivity index (χ1n) is 7.88. The molecule has 1 saturated carbocycles. The molecule has 2 atom stereocenters. The summed E-state index contributed by atoms with van der Waals surface area (Å²) in [5.74, 6) is 0. The molecule has 1 aromatic rings. The fourth-order valence-corrected chi connectivity index (χ4v) is 2.77. The third-order valence-corrected chi connectivity index (χ3v) is 4.75. The van der Waals surface area contributed by atoms with Crippen LogP contribution in [0.4, 0.5) is 0 Å². The van der Waals surface area contributed by atoms with Crippen LogP contribution in [0.5, 0.6) is 0 Å². The third-order valence-electron chi connectivity index (χ3n) is 4.75. The van der Waals surface area contributed by atoms with Crippen molar-refractivity contribution in [1.29, 1.82) is 0 Å². The van der Waals surface area contributed by atoms with Gasteiger partial charge in [-0.2, -0.15) is 5.10 Å². The summed E-state index contributed by atoms with van der Waals surface area (Å²) in [6.45, 7) is 10.1. The number of rotatable bonds is 8. The second-order valence-electron chi connectivity index (χ2n) is 6.26. The SMILES string of the molecule is CCCNC(C)C1(Cc2ccn(C(C)CC)n2)CC1. The van der Waals surface area contributed by atoms with Crippen molar-refractivity contribution in [3.05, 3.63) is 18.0 Å². The molecular weight excluding hydrogens is 234 g/mol. The van der Waals surface area contributed by atoms with Crippen molar-refractivity contribution in [3.8, 4) is 0 Å². The van der Waals surface area contributed by atoms with Crippen LogP contribution in [-0.2, 0) is 6.42 Å². The molecule has 3 nitrogen and oxygen atoms in total. The minimum Gasteiger partial charge on any atom is -0.314 e. The molecule has 0 spiro atoms. The normalized spacial score (nSPS) is 20.2. The van der Waals surface area contributed by atoms with E-state index >= 15 is 0 Å². The van der Waals surface area contributed by atoms with Crippen molar-refractivity contribution < 1.29 is 0 Å². The number of nitrogens with one attached hydrogen (secondary N) is 1. The van der Waals surface area contributed by atoms with Gasteiger partial charge >= 0.3 is 0 Å². The van der Waals surface area contributed by atoms with Gasteiger partial charge in [0.1, 0.15) is 0 Å². The number of aromatic nitrogens is 2.